The second-order valence-corrected chi connectivity index (χ2v) is 2.68. The van der Waals surface area contributed by atoms with Gasteiger partial charge < -0.3 is 0 Å². The number of aromatic amines is 1. The zero-order valence-electron chi connectivity index (χ0n) is 8.66. The molecule has 74 valence electrons. The fourth-order valence-corrected chi connectivity index (χ4v) is 1.17. The van der Waals surface area contributed by atoms with E-state index in [0.717, 1.165) is 5.52 Å². The van der Waals surface area contributed by atoms with E-state index in [1.807, 2.05) is 32.0 Å². The van der Waals surface area contributed by atoms with Crippen LogP contribution in [-0.2, 0) is 0 Å². The van der Waals surface area contributed by atoms with Crippen LogP contribution in [-0.4, -0.2) is 10.2 Å². The molecule has 14 heavy (non-hydrogen) atoms. The summed E-state index contributed by atoms with van der Waals surface area (Å²) in [5.74, 6) is 0. The first-order valence-electron chi connectivity index (χ1n) is 4.73. The molecule has 0 amide bonds. The Morgan fingerprint density at radius 2 is 1.86 bits per heavy atom. The van der Waals surface area contributed by atoms with E-state index < -0.39 is 0 Å². The van der Waals surface area contributed by atoms with Gasteiger partial charge in [0.05, 0.1) is 5.52 Å². The number of fused-ring (bicyclic) bond motifs is 1. The minimum atomic E-state index is 0.00403. The molecule has 0 saturated heterocycles. The molecule has 0 bridgehead atoms. The predicted molar refractivity (Wildman–Crippen MR) is 58.4 cm³/mol. The quantitative estimate of drug-likeness (QED) is 0.692. The van der Waals surface area contributed by atoms with Crippen LogP contribution in [0.15, 0.2) is 29.1 Å². The van der Waals surface area contributed by atoms with Crippen LogP contribution in [0.1, 0.15) is 19.5 Å². The first-order valence-corrected chi connectivity index (χ1v) is 4.73. The average Bonchev–Trinajstić information content (AvgIpc) is 2.27. The van der Waals surface area contributed by atoms with Gasteiger partial charge >= 0.3 is 0 Å². The highest BCUT2D eigenvalue weighted by Gasteiger charge is 1.99. The average molecular weight is 190 g/mol. The Bertz CT molecular complexity index is 474. The Morgan fingerprint density at radius 3 is 2.57 bits per heavy atom. The number of hydrogen-bond donors (Lipinski definition) is 1. The highest BCUT2D eigenvalue weighted by molar-refractivity contribution is 5.77. The van der Waals surface area contributed by atoms with Crippen LogP contribution < -0.4 is 5.43 Å². The monoisotopic (exact) mass is 190 g/mol. The Kier molecular flexibility index (Phi) is 3.40. The van der Waals surface area contributed by atoms with Crippen LogP contribution in [0, 0.1) is 6.92 Å². The molecule has 0 fully saturated rings. The second-order valence-electron chi connectivity index (χ2n) is 2.68. The van der Waals surface area contributed by atoms with Crippen molar-refractivity contribution >= 4 is 10.9 Å². The largest absolute Gasteiger partial charge is 0.287 e. The van der Waals surface area contributed by atoms with E-state index in [-0.39, 0.29) is 5.43 Å². The lowest BCUT2D eigenvalue weighted by atomic mass is 10.2. The fourth-order valence-electron chi connectivity index (χ4n) is 1.17. The molecular weight excluding hydrogens is 176 g/mol. The number of H-pyrrole nitrogens is 1. The van der Waals surface area contributed by atoms with Gasteiger partial charge in [-0.1, -0.05) is 26.0 Å². The second kappa shape index (κ2) is 4.56. The first-order chi connectivity index (χ1) is 6.79. The maximum absolute atomic E-state index is 11.4. The van der Waals surface area contributed by atoms with Gasteiger partial charge in [0.25, 0.3) is 0 Å². The summed E-state index contributed by atoms with van der Waals surface area (Å²) in [6, 6.07) is 7.35. The van der Waals surface area contributed by atoms with Crippen molar-refractivity contribution in [2.75, 3.05) is 0 Å². The van der Waals surface area contributed by atoms with E-state index in [1.54, 1.807) is 13.0 Å². The van der Waals surface area contributed by atoms with Gasteiger partial charge in [-0.2, -0.15) is 5.10 Å². The standard InChI is InChI=1S/C9H8N2O.C2H6/c1-6-9(12)7-4-2-3-5-8(7)11-10-6;1-2/h2-5H,1H3,(H,11,12);1-2H3. The molecule has 1 N–H and O–H groups in total. The van der Waals surface area contributed by atoms with Crippen molar-refractivity contribution in [3.8, 4) is 0 Å². The third-order valence-corrected chi connectivity index (χ3v) is 1.84. The zero-order valence-corrected chi connectivity index (χ0v) is 8.66. The molecule has 3 nitrogen and oxygen atoms in total. The molecule has 0 atom stereocenters. The SMILES string of the molecule is CC.Cc1n[nH]c2ccccc2c1=O. The normalized spacial score (nSPS) is 9.36. The number of aromatic nitrogens is 2. The number of rotatable bonds is 0. The van der Waals surface area contributed by atoms with E-state index in [2.05, 4.69) is 10.2 Å². The van der Waals surface area contributed by atoms with Crippen molar-refractivity contribution in [2.45, 2.75) is 20.8 Å². The van der Waals surface area contributed by atoms with Crippen molar-refractivity contribution in [1.29, 1.82) is 0 Å². The van der Waals surface area contributed by atoms with E-state index in [4.69, 9.17) is 0 Å². The number of para-hydroxylation sites is 1. The molecule has 2 aromatic rings. The van der Waals surface area contributed by atoms with E-state index in [1.165, 1.54) is 0 Å². The summed E-state index contributed by atoms with van der Waals surface area (Å²) in [7, 11) is 0. The lowest BCUT2D eigenvalue weighted by Crippen LogP contribution is -2.09. The minimum absolute atomic E-state index is 0.00403. The van der Waals surface area contributed by atoms with Crippen molar-refractivity contribution in [3.63, 3.8) is 0 Å². The lowest BCUT2D eigenvalue weighted by Gasteiger charge is -1.95. The third-order valence-electron chi connectivity index (χ3n) is 1.84. The van der Waals surface area contributed by atoms with Crippen LogP contribution >= 0.6 is 0 Å². The molecule has 0 unspecified atom stereocenters. The van der Waals surface area contributed by atoms with Crippen LogP contribution in [0.3, 0.4) is 0 Å². The van der Waals surface area contributed by atoms with Crippen molar-refractivity contribution in [1.82, 2.24) is 10.2 Å². The molecule has 1 aromatic heterocycles. The number of benzene rings is 1. The Morgan fingerprint density at radius 1 is 1.21 bits per heavy atom. The summed E-state index contributed by atoms with van der Waals surface area (Å²) in [5.41, 5.74) is 1.30. The molecule has 0 saturated carbocycles. The zero-order chi connectivity index (χ0) is 10.6. The maximum atomic E-state index is 11.4. The van der Waals surface area contributed by atoms with Crippen molar-refractivity contribution in [3.05, 3.63) is 40.2 Å². The van der Waals surface area contributed by atoms with Crippen molar-refractivity contribution in [2.24, 2.45) is 0 Å². The number of nitrogens with one attached hydrogen (secondary N) is 1. The van der Waals surface area contributed by atoms with Gasteiger partial charge in [0.15, 0.2) is 0 Å². The Labute approximate surface area is 82.8 Å². The van der Waals surface area contributed by atoms with Gasteiger partial charge in [0.2, 0.25) is 5.43 Å². The summed E-state index contributed by atoms with van der Waals surface area (Å²) in [6.07, 6.45) is 0. The summed E-state index contributed by atoms with van der Waals surface area (Å²) < 4.78 is 0. The fraction of sp³-hybridized carbons (Fsp3) is 0.273. The van der Waals surface area contributed by atoms with Gasteiger partial charge in [-0.25, -0.2) is 0 Å². The highest BCUT2D eigenvalue weighted by Crippen LogP contribution is 2.03. The molecule has 1 aromatic carbocycles. The van der Waals surface area contributed by atoms with Crippen LogP contribution in [0.2, 0.25) is 0 Å². The van der Waals surface area contributed by atoms with Gasteiger partial charge in [0, 0.05) is 5.39 Å². The topological polar surface area (TPSA) is 45.8 Å². The molecule has 2 rings (SSSR count). The summed E-state index contributed by atoms with van der Waals surface area (Å²) in [5, 5.41) is 7.38. The summed E-state index contributed by atoms with van der Waals surface area (Å²) in [4.78, 5) is 11.4. The molecular formula is C11H14N2O. The number of nitrogens with zero attached hydrogens (tertiary/aromatic N) is 1. The number of hydrogen-bond acceptors (Lipinski definition) is 2. The third kappa shape index (κ3) is 1.82. The number of aryl methyl sites for hydroxylation is 1. The van der Waals surface area contributed by atoms with Gasteiger partial charge in [-0.15, -0.1) is 0 Å². The Balaban J connectivity index is 0.000000461. The highest BCUT2D eigenvalue weighted by atomic mass is 16.1. The summed E-state index contributed by atoms with van der Waals surface area (Å²) in [6.45, 7) is 5.70. The smallest absolute Gasteiger partial charge is 0.210 e. The van der Waals surface area contributed by atoms with E-state index in [0.29, 0.717) is 11.1 Å². The maximum Gasteiger partial charge on any atom is 0.210 e. The van der Waals surface area contributed by atoms with Gasteiger partial charge in [-0.05, 0) is 19.1 Å². The first kappa shape index (κ1) is 10.4. The molecule has 0 aliphatic rings. The van der Waals surface area contributed by atoms with Gasteiger partial charge in [-0.3, -0.25) is 9.89 Å². The molecule has 0 spiro atoms. The molecule has 0 aliphatic carbocycles. The van der Waals surface area contributed by atoms with Crippen LogP contribution in [0.5, 0.6) is 0 Å². The van der Waals surface area contributed by atoms with E-state index in [9.17, 15) is 4.79 Å². The van der Waals surface area contributed by atoms with Gasteiger partial charge in [0.1, 0.15) is 5.69 Å². The van der Waals surface area contributed by atoms with Crippen LogP contribution in [0.25, 0.3) is 10.9 Å². The van der Waals surface area contributed by atoms with Crippen LogP contribution in [0.4, 0.5) is 0 Å². The van der Waals surface area contributed by atoms with E-state index >= 15 is 0 Å². The molecule has 0 radical (unpaired) electrons. The van der Waals surface area contributed by atoms with Crippen molar-refractivity contribution < 1.29 is 0 Å². The summed E-state index contributed by atoms with van der Waals surface area (Å²) >= 11 is 0. The molecule has 1 heterocycles. The molecule has 0 aliphatic heterocycles. The predicted octanol–water partition coefficient (Wildman–Crippen LogP) is 2.26. The molecule has 3 heteroatoms. The lowest BCUT2D eigenvalue weighted by molar-refractivity contribution is 1.00. The minimum Gasteiger partial charge on any atom is -0.287 e. The Hall–Kier alpha value is -1.64.